The van der Waals surface area contributed by atoms with Crippen LogP contribution in [0, 0.1) is 17.3 Å². The predicted octanol–water partition coefficient (Wildman–Crippen LogP) is 4.88. The summed E-state index contributed by atoms with van der Waals surface area (Å²) in [5.41, 5.74) is 0.159. The van der Waals surface area contributed by atoms with Crippen molar-refractivity contribution in [3.05, 3.63) is 24.3 Å². The van der Waals surface area contributed by atoms with Crippen LogP contribution in [-0.2, 0) is 14.0 Å². The van der Waals surface area contributed by atoms with Gasteiger partial charge in [-0.1, -0.05) is 51.8 Å². The number of esters is 1. The Morgan fingerprint density at radius 3 is 2.46 bits per heavy atom. The molecule has 1 aliphatic carbocycles. The summed E-state index contributed by atoms with van der Waals surface area (Å²) in [6.45, 7) is 13.6. The summed E-state index contributed by atoms with van der Waals surface area (Å²) in [6, 6.07) is 0. The molecule has 0 aromatic carbocycles. The number of carbonyl (C=O) groups is 1. The molecule has 1 saturated carbocycles. The number of hydrogen-bond acceptors (Lipinski definition) is 3. The van der Waals surface area contributed by atoms with E-state index in [0.717, 1.165) is 0 Å². The molecule has 1 unspecified atom stereocenters. The van der Waals surface area contributed by atoms with Gasteiger partial charge in [0, 0.05) is 6.08 Å². The number of hydrogen-bond donors (Lipinski definition) is 0. The average Bonchev–Trinajstić information content (AvgIpc) is 2.49. The van der Waals surface area contributed by atoms with Crippen molar-refractivity contribution in [2.24, 2.45) is 17.3 Å². The standard InChI is InChI=1S/C20H36O3Si/c1-7-22-18(21)15-11-9-13-16-12-8-10-14-17(16)19(20(2,3)4)23-24(5)6/h9,11,13,15-17,19,24H,7-8,10,12,14H2,1-6H3/t16-,17+,19?/m0/s1. The molecule has 0 aliphatic heterocycles. The van der Waals surface area contributed by atoms with Crippen molar-refractivity contribution in [1.82, 2.24) is 0 Å². The van der Waals surface area contributed by atoms with E-state index in [0.29, 0.717) is 24.5 Å². The quantitative estimate of drug-likeness (QED) is 0.283. The number of rotatable bonds is 7. The third kappa shape index (κ3) is 7.35. The monoisotopic (exact) mass is 352 g/mol. The molecular weight excluding hydrogens is 316 g/mol. The summed E-state index contributed by atoms with van der Waals surface area (Å²) in [6.07, 6.45) is 12.9. The van der Waals surface area contributed by atoms with Crippen LogP contribution < -0.4 is 0 Å². The fraction of sp³-hybridized carbons (Fsp3) is 0.750. The first-order valence-corrected chi connectivity index (χ1v) is 12.2. The minimum atomic E-state index is -1.08. The van der Waals surface area contributed by atoms with E-state index in [2.05, 4.69) is 39.9 Å². The molecule has 0 bridgehead atoms. The van der Waals surface area contributed by atoms with Crippen molar-refractivity contribution < 1.29 is 14.0 Å². The maximum absolute atomic E-state index is 11.4. The molecule has 0 heterocycles. The molecule has 24 heavy (non-hydrogen) atoms. The van der Waals surface area contributed by atoms with Gasteiger partial charge in [-0.3, -0.25) is 0 Å². The van der Waals surface area contributed by atoms with Crippen LogP contribution in [0.3, 0.4) is 0 Å². The second-order valence-corrected chi connectivity index (χ2v) is 10.4. The Morgan fingerprint density at radius 1 is 1.21 bits per heavy atom. The lowest BCUT2D eigenvalue weighted by Gasteiger charge is -2.43. The van der Waals surface area contributed by atoms with Gasteiger partial charge in [0.05, 0.1) is 12.7 Å². The number of ether oxygens (including phenoxy) is 1. The van der Waals surface area contributed by atoms with Crippen molar-refractivity contribution in [1.29, 1.82) is 0 Å². The van der Waals surface area contributed by atoms with E-state index in [9.17, 15) is 4.79 Å². The van der Waals surface area contributed by atoms with E-state index in [1.807, 2.05) is 13.0 Å². The molecule has 3 atom stereocenters. The molecular formula is C20H36O3Si. The summed E-state index contributed by atoms with van der Waals surface area (Å²) >= 11 is 0. The van der Waals surface area contributed by atoms with Gasteiger partial charge >= 0.3 is 5.97 Å². The number of allylic oxidation sites excluding steroid dienone is 3. The van der Waals surface area contributed by atoms with Crippen molar-refractivity contribution in [3.63, 3.8) is 0 Å². The fourth-order valence-electron chi connectivity index (χ4n) is 3.57. The summed E-state index contributed by atoms with van der Waals surface area (Å²) in [5.74, 6) is 0.826. The van der Waals surface area contributed by atoms with Crippen molar-refractivity contribution in [3.8, 4) is 0 Å². The van der Waals surface area contributed by atoms with Gasteiger partial charge in [-0.2, -0.15) is 0 Å². The highest BCUT2D eigenvalue weighted by Gasteiger charge is 2.38. The Labute approximate surface area is 150 Å². The number of carbonyl (C=O) groups excluding carboxylic acids is 1. The topological polar surface area (TPSA) is 35.5 Å². The van der Waals surface area contributed by atoms with Gasteiger partial charge in [0.25, 0.3) is 0 Å². The molecule has 1 fully saturated rings. The molecule has 138 valence electrons. The minimum absolute atomic E-state index is 0.159. The van der Waals surface area contributed by atoms with E-state index in [1.165, 1.54) is 31.8 Å². The molecule has 0 aromatic rings. The average molecular weight is 353 g/mol. The Balaban J connectivity index is 2.80. The van der Waals surface area contributed by atoms with Crippen LogP contribution in [0.25, 0.3) is 0 Å². The molecule has 0 aromatic heterocycles. The van der Waals surface area contributed by atoms with E-state index in [-0.39, 0.29) is 11.4 Å². The van der Waals surface area contributed by atoms with Crippen LogP contribution in [0.15, 0.2) is 24.3 Å². The highest BCUT2D eigenvalue weighted by Crippen LogP contribution is 2.41. The second kappa shape index (κ2) is 10.2. The Bertz CT molecular complexity index is 435. The second-order valence-electron chi connectivity index (χ2n) is 8.08. The molecule has 4 heteroatoms. The smallest absolute Gasteiger partial charge is 0.330 e. The molecule has 3 nitrogen and oxygen atoms in total. The van der Waals surface area contributed by atoms with E-state index in [1.54, 1.807) is 6.08 Å². The normalized spacial score (nSPS) is 24.0. The summed E-state index contributed by atoms with van der Waals surface area (Å²) in [7, 11) is -1.08. The summed E-state index contributed by atoms with van der Waals surface area (Å²) < 4.78 is 11.4. The van der Waals surface area contributed by atoms with Crippen molar-refractivity contribution >= 4 is 15.0 Å². The highest BCUT2D eigenvalue weighted by atomic mass is 28.3. The zero-order valence-corrected chi connectivity index (χ0v) is 17.5. The molecule has 0 N–H and O–H groups in total. The van der Waals surface area contributed by atoms with Crippen LogP contribution >= 0.6 is 0 Å². The predicted molar refractivity (Wildman–Crippen MR) is 104 cm³/mol. The molecule has 0 amide bonds. The van der Waals surface area contributed by atoms with Gasteiger partial charge in [-0.15, -0.1) is 0 Å². The third-order valence-electron chi connectivity index (χ3n) is 4.52. The largest absolute Gasteiger partial charge is 0.463 e. The van der Waals surface area contributed by atoms with Crippen molar-refractivity contribution in [2.75, 3.05) is 6.61 Å². The maximum atomic E-state index is 11.4. The van der Waals surface area contributed by atoms with E-state index in [4.69, 9.17) is 9.16 Å². The van der Waals surface area contributed by atoms with Crippen LogP contribution in [0.2, 0.25) is 13.1 Å². The van der Waals surface area contributed by atoms with E-state index < -0.39 is 9.04 Å². The van der Waals surface area contributed by atoms with Crippen LogP contribution in [0.5, 0.6) is 0 Å². The highest BCUT2D eigenvalue weighted by molar-refractivity contribution is 6.48. The van der Waals surface area contributed by atoms with Gasteiger partial charge in [-0.05, 0) is 50.1 Å². The SMILES string of the molecule is CCOC(=O)C=CC=C[C@@H]1CCCC[C@H]1C(O[SiH](C)C)C(C)(C)C. The zero-order valence-electron chi connectivity index (χ0n) is 16.4. The first kappa shape index (κ1) is 21.2. The molecule has 0 spiro atoms. The lowest BCUT2D eigenvalue weighted by molar-refractivity contribution is -0.137. The van der Waals surface area contributed by atoms with Gasteiger partial charge in [0.1, 0.15) is 0 Å². The Morgan fingerprint density at radius 2 is 1.88 bits per heavy atom. The summed E-state index contributed by atoms with van der Waals surface area (Å²) in [5, 5.41) is 0. The van der Waals surface area contributed by atoms with Gasteiger partial charge in [-0.25, -0.2) is 4.79 Å². The molecule has 1 aliphatic rings. The van der Waals surface area contributed by atoms with Gasteiger partial charge in [0.2, 0.25) is 0 Å². The van der Waals surface area contributed by atoms with Gasteiger partial charge < -0.3 is 9.16 Å². The lowest BCUT2D eigenvalue weighted by Crippen LogP contribution is -2.43. The maximum Gasteiger partial charge on any atom is 0.330 e. The molecule has 0 saturated heterocycles. The lowest BCUT2D eigenvalue weighted by atomic mass is 9.69. The first-order valence-electron chi connectivity index (χ1n) is 9.42. The Hall–Kier alpha value is -0.873. The Kier molecular flexibility index (Phi) is 8.99. The first-order chi connectivity index (χ1) is 11.3. The molecule has 1 rings (SSSR count). The minimum Gasteiger partial charge on any atom is -0.463 e. The summed E-state index contributed by atoms with van der Waals surface area (Å²) in [4.78, 5) is 11.4. The zero-order chi connectivity index (χ0) is 18.2. The van der Waals surface area contributed by atoms with E-state index >= 15 is 0 Å². The van der Waals surface area contributed by atoms with Crippen LogP contribution in [0.4, 0.5) is 0 Å². The molecule has 0 radical (unpaired) electrons. The third-order valence-corrected chi connectivity index (χ3v) is 5.36. The fourth-order valence-corrected chi connectivity index (χ4v) is 4.77. The van der Waals surface area contributed by atoms with Crippen LogP contribution in [0.1, 0.15) is 53.4 Å². The van der Waals surface area contributed by atoms with Crippen LogP contribution in [-0.4, -0.2) is 27.7 Å². The van der Waals surface area contributed by atoms with Crippen molar-refractivity contribution in [2.45, 2.75) is 72.6 Å². The van der Waals surface area contributed by atoms with Gasteiger partial charge in [0.15, 0.2) is 9.04 Å².